The molecule has 0 fully saturated rings. The maximum atomic E-state index is 6.08. The first-order valence-electron chi connectivity index (χ1n) is 6.54. The molecule has 0 radical (unpaired) electrons. The van der Waals surface area contributed by atoms with Crippen LogP contribution in [0.4, 0.5) is 5.82 Å². The largest absolute Gasteiger partial charge is 0.356 e. The predicted molar refractivity (Wildman–Crippen MR) is 78.6 cm³/mol. The molecular formula is C13H21Cl2N3. The third-order valence-corrected chi connectivity index (χ3v) is 3.46. The highest BCUT2D eigenvalue weighted by molar-refractivity contribution is 6.31. The van der Waals surface area contributed by atoms with Crippen molar-refractivity contribution >= 4 is 29.0 Å². The maximum absolute atomic E-state index is 6.08. The number of halogens is 2. The first-order chi connectivity index (χ1) is 8.74. The quantitative estimate of drug-likeness (QED) is 0.528. The van der Waals surface area contributed by atoms with Crippen LogP contribution in [0.3, 0.4) is 0 Å². The molecule has 0 unspecified atom stereocenters. The van der Waals surface area contributed by atoms with Gasteiger partial charge >= 0.3 is 0 Å². The van der Waals surface area contributed by atoms with Crippen molar-refractivity contribution in [2.45, 2.75) is 45.4 Å². The molecule has 0 aliphatic heterocycles. The van der Waals surface area contributed by atoms with Crippen LogP contribution in [0.25, 0.3) is 0 Å². The van der Waals surface area contributed by atoms with E-state index in [4.69, 9.17) is 23.2 Å². The summed E-state index contributed by atoms with van der Waals surface area (Å²) < 4.78 is 0. The molecule has 102 valence electrons. The molecule has 0 aliphatic carbocycles. The fourth-order valence-electron chi connectivity index (χ4n) is 1.79. The minimum absolute atomic E-state index is 0.351. The zero-order chi connectivity index (χ0) is 13.4. The van der Waals surface area contributed by atoms with Crippen LogP contribution in [0.1, 0.15) is 45.1 Å². The third kappa shape index (κ3) is 4.29. The molecule has 5 heteroatoms. The first kappa shape index (κ1) is 15.5. The Hall–Kier alpha value is -0.540. The standard InChI is InChI=1S/C13H21Cl2N3/c1-3-5-7-18(8-6-4-2)13-11(9-14)12(15)16-10-17-13/h10H,3-9H2,1-2H3. The molecule has 0 aromatic carbocycles. The van der Waals surface area contributed by atoms with Crippen molar-refractivity contribution in [3.63, 3.8) is 0 Å². The summed E-state index contributed by atoms with van der Waals surface area (Å²) in [6, 6.07) is 0. The van der Waals surface area contributed by atoms with E-state index < -0.39 is 0 Å². The van der Waals surface area contributed by atoms with Crippen LogP contribution in [-0.4, -0.2) is 23.1 Å². The SMILES string of the molecule is CCCCN(CCCC)c1ncnc(Cl)c1CCl. The van der Waals surface area contributed by atoms with Gasteiger partial charge < -0.3 is 4.90 Å². The van der Waals surface area contributed by atoms with Crippen LogP contribution < -0.4 is 4.90 Å². The van der Waals surface area contributed by atoms with Crippen molar-refractivity contribution in [2.24, 2.45) is 0 Å². The molecule has 0 saturated heterocycles. The summed E-state index contributed by atoms with van der Waals surface area (Å²) in [6.45, 7) is 6.36. The van der Waals surface area contributed by atoms with Crippen LogP contribution in [-0.2, 0) is 5.88 Å². The molecule has 0 saturated carbocycles. The van der Waals surface area contributed by atoms with Gasteiger partial charge in [-0.25, -0.2) is 9.97 Å². The summed E-state index contributed by atoms with van der Waals surface area (Å²) in [5, 5.41) is 0.466. The van der Waals surface area contributed by atoms with Gasteiger partial charge in [0.15, 0.2) is 0 Å². The van der Waals surface area contributed by atoms with E-state index in [1.165, 1.54) is 6.33 Å². The third-order valence-electron chi connectivity index (χ3n) is 2.87. The number of hydrogen-bond donors (Lipinski definition) is 0. The van der Waals surface area contributed by atoms with Crippen molar-refractivity contribution in [3.05, 3.63) is 17.0 Å². The molecule has 0 aliphatic rings. The Morgan fingerprint density at radius 1 is 1.11 bits per heavy atom. The minimum atomic E-state index is 0.351. The molecule has 0 spiro atoms. The number of hydrogen-bond acceptors (Lipinski definition) is 3. The van der Waals surface area contributed by atoms with E-state index >= 15 is 0 Å². The molecule has 0 atom stereocenters. The number of unbranched alkanes of at least 4 members (excludes halogenated alkanes) is 2. The zero-order valence-corrected chi connectivity index (χ0v) is 12.6. The summed E-state index contributed by atoms with van der Waals surface area (Å²) in [7, 11) is 0. The molecule has 1 rings (SSSR count). The molecule has 0 amide bonds. The van der Waals surface area contributed by atoms with Gasteiger partial charge in [-0.2, -0.15) is 0 Å². The van der Waals surface area contributed by atoms with Crippen LogP contribution in [0, 0.1) is 0 Å². The van der Waals surface area contributed by atoms with Crippen molar-refractivity contribution in [1.29, 1.82) is 0 Å². The summed E-state index contributed by atoms with van der Waals surface area (Å²) in [5.41, 5.74) is 0.841. The van der Waals surface area contributed by atoms with Crippen molar-refractivity contribution in [2.75, 3.05) is 18.0 Å². The number of rotatable bonds is 8. The topological polar surface area (TPSA) is 29.0 Å². The van der Waals surface area contributed by atoms with Gasteiger partial charge in [0.1, 0.15) is 17.3 Å². The smallest absolute Gasteiger partial charge is 0.138 e. The molecule has 18 heavy (non-hydrogen) atoms. The van der Waals surface area contributed by atoms with E-state index in [1.807, 2.05) is 0 Å². The number of anilines is 1. The maximum Gasteiger partial charge on any atom is 0.138 e. The van der Waals surface area contributed by atoms with Gasteiger partial charge in [-0.15, -0.1) is 11.6 Å². The predicted octanol–water partition coefficient (Wildman–Crippen LogP) is 4.28. The minimum Gasteiger partial charge on any atom is -0.356 e. The average Bonchev–Trinajstić information content (AvgIpc) is 2.39. The molecule has 3 nitrogen and oxygen atoms in total. The van der Waals surface area contributed by atoms with Gasteiger partial charge in [0.05, 0.1) is 5.88 Å². The highest BCUT2D eigenvalue weighted by Gasteiger charge is 2.15. The van der Waals surface area contributed by atoms with Gasteiger partial charge in [-0.1, -0.05) is 38.3 Å². The summed E-state index contributed by atoms with van der Waals surface area (Å²) >= 11 is 12.0. The molecule has 1 heterocycles. The molecular weight excluding hydrogens is 269 g/mol. The fourth-order valence-corrected chi connectivity index (χ4v) is 2.30. The van der Waals surface area contributed by atoms with Gasteiger partial charge in [0, 0.05) is 18.7 Å². The highest BCUT2D eigenvalue weighted by Crippen LogP contribution is 2.25. The summed E-state index contributed by atoms with van der Waals surface area (Å²) in [5.74, 6) is 1.25. The Balaban J connectivity index is 2.91. The van der Waals surface area contributed by atoms with Crippen molar-refractivity contribution in [1.82, 2.24) is 9.97 Å². The second kappa shape index (κ2) is 8.54. The van der Waals surface area contributed by atoms with E-state index in [-0.39, 0.29) is 0 Å². The monoisotopic (exact) mass is 289 g/mol. The Morgan fingerprint density at radius 2 is 1.72 bits per heavy atom. The van der Waals surface area contributed by atoms with Crippen LogP contribution in [0.2, 0.25) is 5.15 Å². The van der Waals surface area contributed by atoms with Gasteiger partial charge in [0.25, 0.3) is 0 Å². The van der Waals surface area contributed by atoms with Crippen molar-refractivity contribution < 1.29 is 0 Å². The lowest BCUT2D eigenvalue weighted by molar-refractivity contribution is 0.668. The molecule has 1 aromatic rings. The number of nitrogens with zero attached hydrogens (tertiary/aromatic N) is 3. The Kier molecular flexibility index (Phi) is 7.36. The van der Waals surface area contributed by atoms with E-state index in [0.717, 1.165) is 50.2 Å². The molecule has 1 aromatic heterocycles. The first-order valence-corrected chi connectivity index (χ1v) is 7.46. The molecule has 0 N–H and O–H groups in total. The lowest BCUT2D eigenvalue weighted by atomic mass is 10.2. The van der Waals surface area contributed by atoms with E-state index in [2.05, 4.69) is 28.7 Å². The number of alkyl halides is 1. The van der Waals surface area contributed by atoms with Gasteiger partial charge in [-0.05, 0) is 12.8 Å². The van der Waals surface area contributed by atoms with E-state index in [9.17, 15) is 0 Å². The van der Waals surface area contributed by atoms with E-state index in [0.29, 0.717) is 11.0 Å². The summed E-state index contributed by atoms with van der Waals surface area (Å²) in [4.78, 5) is 10.6. The van der Waals surface area contributed by atoms with E-state index in [1.54, 1.807) is 0 Å². The Labute approximate surface area is 120 Å². The van der Waals surface area contributed by atoms with Crippen molar-refractivity contribution in [3.8, 4) is 0 Å². The van der Waals surface area contributed by atoms with Crippen LogP contribution in [0.15, 0.2) is 6.33 Å². The lowest BCUT2D eigenvalue weighted by Gasteiger charge is -2.25. The van der Waals surface area contributed by atoms with Crippen LogP contribution in [0.5, 0.6) is 0 Å². The average molecular weight is 290 g/mol. The fraction of sp³-hybridized carbons (Fsp3) is 0.692. The van der Waals surface area contributed by atoms with Gasteiger partial charge in [0.2, 0.25) is 0 Å². The normalized spacial score (nSPS) is 10.7. The zero-order valence-electron chi connectivity index (χ0n) is 11.1. The lowest BCUT2D eigenvalue weighted by Crippen LogP contribution is -2.27. The second-order valence-corrected chi connectivity index (χ2v) is 4.92. The Morgan fingerprint density at radius 3 is 2.22 bits per heavy atom. The highest BCUT2D eigenvalue weighted by atomic mass is 35.5. The Bertz CT molecular complexity index is 350. The molecule has 0 bridgehead atoms. The summed E-state index contributed by atoms with van der Waals surface area (Å²) in [6.07, 6.45) is 6.13. The van der Waals surface area contributed by atoms with Crippen LogP contribution >= 0.6 is 23.2 Å². The number of aromatic nitrogens is 2. The van der Waals surface area contributed by atoms with Gasteiger partial charge in [-0.3, -0.25) is 0 Å². The second-order valence-electron chi connectivity index (χ2n) is 4.29.